The molecule has 3 heterocycles. The molecule has 3 aromatic rings. The van der Waals surface area contributed by atoms with Crippen molar-refractivity contribution in [1.82, 2.24) is 20.1 Å². The maximum atomic E-state index is 13.0. The number of nitrogens with one attached hydrogen (secondary N) is 1. The largest absolute Gasteiger partial charge is 0.356 e. The van der Waals surface area contributed by atoms with Crippen LogP contribution >= 0.6 is 35.3 Å². The van der Waals surface area contributed by atoms with Crippen LogP contribution in [0.5, 0.6) is 0 Å². The number of nitrogens with two attached hydrogens (primary N) is 1. The molecule has 0 aliphatic carbocycles. The van der Waals surface area contributed by atoms with Gasteiger partial charge in [0.2, 0.25) is 5.91 Å². The monoisotopic (exact) mass is 550 g/mol. The Balaban J connectivity index is 0.00000400. The molecule has 1 amide bonds. The highest BCUT2D eigenvalue weighted by molar-refractivity contribution is 7.15. The minimum atomic E-state index is -1.61. The predicted molar refractivity (Wildman–Crippen MR) is 150 cm³/mol. The zero-order valence-corrected chi connectivity index (χ0v) is 23.2. The highest BCUT2D eigenvalue weighted by atomic mass is 35.5. The number of carbonyl (C=O) groups is 1. The van der Waals surface area contributed by atoms with Gasteiger partial charge in [0.15, 0.2) is 5.82 Å². The van der Waals surface area contributed by atoms with Crippen molar-refractivity contribution < 1.29 is 7.54 Å². The van der Waals surface area contributed by atoms with Gasteiger partial charge in [-0.1, -0.05) is 43.0 Å². The third-order valence-corrected chi connectivity index (χ3v) is 7.75. The Morgan fingerprint density at radius 3 is 2.56 bits per heavy atom. The summed E-state index contributed by atoms with van der Waals surface area (Å²) in [6.07, 6.45) is 3.86. The Morgan fingerprint density at radius 1 is 1.14 bits per heavy atom. The van der Waals surface area contributed by atoms with Gasteiger partial charge in [0.1, 0.15) is 16.9 Å². The zero-order valence-electron chi connectivity index (χ0n) is 22.8. The van der Waals surface area contributed by atoms with E-state index < -0.39 is 12.5 Å². The topological polar surface area (TPSA) is 98.2 Å². The molecule has 2 aromatic heterocycles. The normalized spacial score (nSPS) is 15.6. The van der Waals surface area contributed by atoms with E-state index in [0.717, 1.165) is 58.9 Å². The van der Waals surface area contributed by atoms with Gasteiger partial charge in [0.25, 0.3) is 0 Å². The Labute approximate surface area is 230 Å². The van der Waals surface area contributed by atoms with E-state index >= 15 is 0 Å². The number of thiophene rings is 1. The summed E-state index contributed by atoms with van der Waals surface area (Å²) in [6, 6.07) is 7.15. The lowest BCUT2D eigenvalue weighted by molar-refractivity contribution is -0.121. The summed E-state index contributed by atoms with van der Waals surface area (Å²) in [5, 5.41) is 13.5. The van der Waals surface area contributed by atoms with Crippen molar-refractivity contribution in [2.75, 3.05) is 13.0 Å². The van der Waals surface area contributed by atoms with Crippen LogP contribution in [-0.4, -0.2) is 39.4 Å². The quantitative estimate of drug-likeness (QED) is 0.319. The molecular formula is C26H34Cl2N6OS. The minimum absolute atomic E-state index is 0. The molecule has 0 bridgehead atoms. The Kier molecular flexibility index (Phi) is 9.04. The van der Waals surface area contributed by atoms with Crippen LogP contribution < -0.4 is 11.1 Å². The van der Waals surface area contributed by atoms with Crippen LogP contribution in [0.3, 0.4) is 0 Å². The summed E-state index contributed by atoms with van der Waals surface area (Å²) < 4.78 is 16.8. The van der Waals surface area contributed by atoms with Crippen molar-refractivity contribution in [2.24, 2.45) is 10.7 Å². The number of hydrogen-bond acceptors (Lipinski definition) is 6. The Morgan fingerprint density at radius 2 is 1.83 bits per heavy atom. The second kappa shape index (κ2) is 12.8. The average molecular weight is 552 g/mol. The van der Waals surface area contributed by atoms with E-state index in [1.165, 1.54) is 4.88 Å². The van der Waals surface area contributed by atoms with Gasteiger partial charge in [-0.05, 0) is 57.8 Å². The van der Waals surface area contributed by atoms with Crippen molar-refractivity contribution in [3.63, 3.8) is 0 Å². The number of hydrogen-bond donors (Lipinski definition) is 2. The first kappa shape index (κ1) is 25.4. The number of aromatic nitrogens is 3. The fraction of sp³-hybridized carbons (Fsp3) is 0.462. The number of aliphatic imine (C=N–C) groups is 1. The summed E-state index contributed by atoms with van der Waals surface area (Å²) >= 11 is 7.85. The standard InChI is InChI=1S/C26H33ClN6OS.ClH/c1-16-17(2)35-26-23(16)24(19-9-11-20(27)12-10-19)30-21(25-32-31-18(3)33(25)26)15-22(34)29-14-8-6-4-5-7-13-28;/h9-12,21H,4-8,13-15,28H2,1-3H3,(H,29,34);1H/t21-;/m0./s1/i13D2;. The Bertz CT molecular complexity index is 1300. The Hall–Kier alpha value is -2.26. The number of fused-ring (bicyclic) bond motifs is 3. The van der Waals surface area contributed by atoms with Crippen LogP contribution in [0.1, 0.15) is 80.5 Å². The van der Waals surface area contributed by atoms with Gasteiger partial charge in [0, 0.05) is 30.3 Å². The van der Waals surface area contributed by atoms with Gasteiger partial charge in [-0.3, -0.25) is 14.4 Å². The fourth-order valence-electron chi connectivity index (χ4n) is 4.31. The molecule has 0 saturated carbocycles. The second-order valence-electron chi connectivity index (χ2n) is 8.83. The molecule has 1 aromatic carbocycles. The van der Waals surface area contributed by atoms with Gasteiger partial charge in [-0.15, -0.1) is 33.9 Å². The van der Waals surface area contributed by atoms with Gasteiger partial charge in [-0.25, -0.2) is 0 Å². The lowest BCUT2D eigenvalue weighted by Gasteiger charge is -2.13. The second-order valence-corrected chi connectivity index (χ2v) is 10.5. The van der Waals surface area contributed by atoms with Gasteiger partial charge < -0.3 is 11.1 Å². The molecule has 1 atom stereocenters. The van der Waals surface area contributed by atoms with Crippen molar-refractivity contribution in [1.29, 1.82) is 0 Å². The van der Waals surface area contributed by atoms with Crippen molar-refractivity contribution in [3.05, 3.63) is 62.5 Å². The number of aryl methyl sites for hydroxylation is 2. The molecule has 0 unspecified atom stereocenters. The van der Waals surface area contributed by atoms with Crippen molar-refractivity contribution >= 4 is 47.0 Å². The minimum Gasteiger partial charge on any atom is -0.356 e. The van der Waals surface area contributed by atoms with E-state index in [1.807, 2.05) is 35.8 Å². The van der Waals surface area contributed by atoms with Gasteiger partial charge in [-0.2, -0.15) is 0 Å². The first-order valence-corrected chi connectivity index (χ1v) is 13.2. The summed E-state index contributed by atoms with van der Waals surface area (Å²) in [6.45, 7) is 5.07. The summed E-state index contributed by atoms with van der Waals surface area (Å²) in [4.78, 5) is 19.3. The summed E-state index contributed by atoms with van der Waals surface area (Å²) in [5.74, 6) is 1.33. The molecule has 3 N–H and O–H groups in total. The van der Waals surface area contributed by atoms with E-state index in [2.05, 4.69) is 29.4 Å². The first-order valence-electron chi connectivity index (χ1n) is 13.0. The average Bonchev–Trinajstić information content (AvgIpc) is 3.30. The van der Waals surface area contributed by atoms with E-state index in [9.17, 15) is 4.79 Å². The number of nitrogens with zero attached hydrogens (tertiary/aromatic N) is 4. The SMILES string of the molecule is Cl.[2H]C([2H])(N)CCCCCCNC(=O)C[C@@H]1N=C(c2ccc(Cl)cc2)c2c(sc(C)c2C)-n2c(C)nnc21. The molecule has 0 fully saturated rings. The third kappa shape index (κ3) is 6.17. The number of benzene rings is 1. The van der Waals surface area contributed by atoms with E-state index in [1.54, 1.807) is 11.3 Å². The summed E-state index contributed by atoms with van der Waals surface area (Å²) in [7, 11) is 0. The van der Waals surface area contributed by atoms with Crippen LogP contribution in [-0.2, 0) is 4.79 Å². The summed E-state index contributed by atoms with van der Waals surface area (Å²) in [5.41, 5.74) is 9.35. The maximum Gasteiger partial charge on any atom is 0.222 e. The van der Waals surface area contributed by atoms with Crippen molar-refractivity contribution in [2.45, 2.75) is 65.3 Å². The van der Waals surface area contributed by atoms with Gasteiger partial charge in [0.05, 0.1) is 12.1 Å². The van der Waals surface area contributed by atoms with Crippen LogP contribution in [0.2, 0.25) is 5.02 Å². The molecule has 0 saturated heterocycles. The molecular weight excluding hydrogens is 515 g/mol. The number of rotatable bonds is 10. The van der Waals surface area contributed by atoms with E-state index in [0.29, 0.717) is 23.8 Å². The lowest BCUT2D eigenvalue weighted by atomic mass is 9.99. The fourth-order valence-corrected chi connectivity index (χ4v) is 5.65. The van der Waals surface area contributed by atoms with Crippen LogP contribution in [0, 0.1) is 20.8 Å². The van der Waals surface area contributed by atoms with Crippen LogP contribution in [0.25, 0.3) is 5.00 Å². The molecule has 1 aliphatic heterocycles. The molecule has 1 aliphatic rings. The van der Waals surface area contributed by atoms with Crippen LogP contribution in [0.4, 0.5) is 0 Å². The molecule has 0 radical (unpaired) electrons. The van der Waals surface area contributed by atoms with Crippen LogP contribution in [0.15, 0.2) is 29.3 Å². The highest BCUT2D eigenvalue weighted by Gasteiger charge is 2.32. The smallest absolute Gasteiger partial charge is 0.222 e. The first-order chi connectivity index (χ1) is 17.5. The van der Waals surface area contributed by atoms with E-state index in [4.69, 9.17) is 25.1 Å². The predicted octanol–water partition coefficient (Wildman–Crippen LogP) is 5.64. The number of carbonyl (C=O) groups excluding carboxylic acids is 1. The molecule has 194 valence electrons. The number of halogens is 2. The number of amides is 1. The molecule has 4 rings (SSSR count). The molecule has 10 heteroatoms. The lowest BCUT2D eigenvalue weighted by Crippen LogP contribution is -2.26. The highest BCUT2D eigenvalue weighted by Crippen LogP contribution is 2.39. The maximum absolute atomic E-state index is 13.0. The van der Waals surface area contributed by atoms with Crippen molar-refractivity contribution in [3.8, 4) is 5.00 Å². The molecule has 0 spiro atoms. The van der Waals surface area contributed by atoms with E-state index in [-0.39, 0.29) is 24.7 Å². The van der Waals surface area contributed by atoms with Gasteiger partial charge >= 0.3 is 0 Å². The molecule has 7 nitrogen and oxygen atoms in total. The number of unbranched alkanes of at least 4 members (excludes halogenated alkanes) is 3. The third-order valence-electron chi connectivity index (χ3n) is 6.31. The molecule has 36 heavy (non-hydrogen) atoms. The zero-order chi connectivity index (χ0) is 26.7.